The van der Waals surface area contributed by atoms with Gasteiger partial charge in [-0.3, -0.25) is 38.4 Å². The van der Waals surface area contributed by atoms with Crippen LogP contribution in [0.1, 0.15) is 158 Å². The minimum atomic E-state index is 0.0546. The topological polar surface area (TPSA) is 185 Å². The highest BCUT2D eigenvalue weighted by atomic mass is 16.2. The van der Waals surface area contributed by atoms with Crippen LogP contribution in [0.3, 0.4) is 0 Å². The smallest absolute Gasteiger partial charge is 0.219 e. The van der Waals surface area contributed by atoms with Crippen LogP contribution in [0.15, 0.2) is 0 Å². The van der Waals surface area contributed by atoms with Gasteiger partial charge in [0.05, 0.1) is 0 Å². The van der Waals surface area contributed by atoms with Crippen LogP contribution < -0.4 is 21.3 Å². The van der Waals surface area contributed by atoms with E-state index in [-0.39, 0.29) is 46.8 Å². The highest BCUT2D eigenvalue weighted by molar-refractivity contribution is 5.80. The van der Waals surface area contributed by atoms with E-state index in [1.165, 1.54) is 0 Å². The van der Waals surface area contributed by atoms with Gasteiger partial charge in [-0.05, 0) is 25.7 Å². The van der Waals surface area contributed by atoms with Crippen molar-refractivity contribution in [3.05, 3.63) is 0 Å². The average molecular weight is 685 g/mol. The van der Waals surface area contributed by atoms with E-state index in [9.17, 15) is 38.4 Å². The predicted molar refractivity (Wildman–Crippen MR) is 191 cm³/mol. The highest BCUT2D eigenvalue weighted by Crippen LogP contribution is 1.95. The summed E-state index contributed by atoms with van der Waals surface area (Å²) < 4.78 is 0. The molecule has 0 unspecified atom stereocenters. The minimum absolute atomic E-state index is 0.0546. The Morgan fingerprint density at radius 1 is 0.292 bits per heavy atom. The van der Waals surface area contributed by atoms with Crippen LogP contribution in [0.2, 0.25) is 0 Å². The number of carbonyl (C=O) groups excluding carboxylic acids is 8. The van der Waals surface area contributed by atoms with Gasteiger partial charge in [-0.25, -0.2) is 0 Å². The van der Waals surface area contributed by atoms with Gasteiger partial charge in [0.1, 0.15) is 23.1 Å². The van der Waals surface area contributed by atoms with Gasteiger partial charge in [-0.1, -0.05) is 55.4 Å². The lowest BCUT2D eigenvalue weighted by molar-refractivity contribution is -0.122. The summed E-state index contributed by atoms with van der Waals surface area (Å²) in [5.74, 6) is 1.28. The van der Waals surface area contributed by atoms with E-state index in [1.807, 2.05) is 55.4 Å². The first kappa shape index (κ1) is 51.4. The second-order valence-corrected chi connectivity index (χ2v) is 10.8. The van der Waals surface area contributed by atoms with Crippen LogP contribution in [0, 0.1) is 0 Å². The maximum Gasteiger partial charge on any atom is 0.219 e. The molecule has 4 N–H and O–H groups in total. The molecule has 12 heteroatoms. The molecule has 0 radical (unpaired) electrons. The summed E-state index contributed by atoms with van der Waals surface area (Å²) >= 11 is 0. The molecule has 0 rings (SSSR count). The van der Waals surface area contributed by atoms with E-state index in [0.717, 1.165) is 25.7 Å². The van der Waals surface area contributed by atoms with Gasteiger partial charge in [0.25, 0.3) is 0 Å². The molecule has 0 saturated heterocycles. The zero-order valence-corrected chi connectivity index (χ0v) is 31.4. The summed E-state index contributed by atoms with van der Waals surface area (Å²) in [7, 11) is 0. The standard InChI is InChI=1S/4C9H17NO2/c4*1-3-8(11)6-5-7-10-9(12)4-2/h4*3-7H2,1-2H3,(H,10,12). The van der Waals surface area contributed by atoms with Crippen LogP contribution in [0.5, 0.6) is 0 Å². The van der Waals surface area contributed by atoms with Gasteiger partial charge < -0.3 is 21.3 Å². The molecule has 0 spiro atoms. The Kier molecular flexibility index (Phi) is 42.5. The molecular formula is C36H68N4O8. The average Bonchev–Trinajstić information content (AvgIpc) is 3.11. The number of amides is 4. The van der Waals surface area contributed by atoms with E-state index < -0.39 is 0 Å². The van der Waals surface area contributed by atoms with Gasteiger partial charge in [0, 0.05) is 103 Å². The molecule has 0 aromatic carbocycles. The first-order valence-corrected chi connectivity index (χ1v) is 17.9. The van der Waals surface area contributed by atoms with Gasteiger partial charge in [0.15, 0.2) is 0 Å². The maximum absolute atomic E-state index is 10.8. The second-order valence-electron chi connectivity index (χ2n) is 10.8. The van der Waals surface area contributed by atoms with Crippen LogP contribution in [0.4, 0.5) is 0 Å². The van der Waals surface area contributed by atoms with E-state index in [1.54, 1.807) is 0 Å². The van der Waals surface area contributed by atoms with E-state index in [0.29, 0.717) is 103 Å². The van der Waals surface area contributed by atoms with Crippen molar-refractivity contribution in [2.45, 2.75) is 158 Å². The Morgan fingerprint density at radius 3 is 0.583 bits per heavy atom. The molecule has 280 valence electrons. The molecule has 0 aliphatic carbocycles. The summed E-state index contributed by atoms with van der Waals surface area (Å²) in [6.45, 7) is 17.2. The third-order valence-electron chi connectivity index (χ3n) is 6.68. The van der Waals surface area contributed by atoms with E-state index >= 15 is 0 Å². The largest absolute Gasteiger partial charge is 0.356 e. The molecule has 0 aliphatic rings. The van der Waals surface area contributed by atoms with Crippen molar-refractivity contribution in [3.63, 3.8) is 0 Å². The summed E-state index contributed by atoms with van der Waals surface area (Å²) in [4.78, 5) is 86.2. The van der Waals surface area contributed by atoms with Crippen LogP contribution in [-0.2, 0) is 38.4 Å². The number of ketones is 4. The fourth-order valence-electron chi connectivity index (χ4n) is 3.26. The first-order valence-electron chi connectivity index (χ1n) is 17.9. The lowest BCUT2D eigenvalue weighted by Crippen LogP contribution is -2.23. The fourth-order valence-corrected chi connectivity index (χ4v) is 3.26. The van der Waals surface area contributed by atoms with Gasteiger partial charge in [0.2, 0.25) is 23.6 Å². The number of carbonyl (C=O) groups is 8. The monoisotopic (exact) mass is 685 g/mol. The van der Waals surface area contributed by atoms with E-state index in [4.69, 9.17) is 0 Å². The van der Waals surface area contributed by atoms with Crippen molar-refractivity contribution in [3.8, 4) is 0 Å². The molecule has 12 nitrogen and oxygen atoms in total. The Labute approximate surface area is 290 Å². The molecule has 0 aliphatic heterocycles. The SMILES string of the molecule is CCC(=O)CCCNC(=O)CC.CCC(=O)CCCNC(=O)CC.CCC(=O)CCCNC(=O)CC.CCC(=O)CCCNC(=O)CC. The molecule has 48 heavy (non-hydrogen) atoms. The number of Topliss-reactive ketones (excluding diaryl/α,β-unsaturated/α-hetero) is 4. The Bertz CT molecular complexity index is 690. The van der Waals surface area contributed by atoms with Crippen molar-refractivity contribution in [2.24, 2.45) is 0 Å². The first-order chi connectivity index (χ1) is 22.8. The van der Waals surface area contributed by atoms with Crippen molar-refractivity contribution in [1.29, 1.82) is 0 Å². The number of hydrogen-bond acceptors (Lipinski definition) is 8. The van der Waals surface area contributed by atoms with E-state index in [2.05, 4.69) is 21.3 Å². The molecule has 0 bridgehead atoms. The summed E-state index contributed by atoms with van der Waals surface area (Å²) in [6.07, 6.45) is 9.84. The summed E-state index contributed by atoms with van der Waals surface area (Å²) in [6, 6.07) is 0. The summed E-state index contributed by atoms with van der Waals surface area (Å²) in [5, 5.41) is 10.9. The normalized spacial score (nSPS) is 9.50. The number of nitrogens with one attached hydrogen (secondary N) is 4. The van der Waals surface area contributed by atoms with Crippen molar-refractivity contribution >= 4 is 46.8 Å². The lowest BCUT2D eigenvalue weighted by Gasteiger charge is -2.01. The molecular weight excluding hydrogens is 616 g/mol. The van der Waals surface area contributed by atoms with Gasteiger partial charge in [-0.15, -0.1) is 0 Å². The van der Waals surface area contributed by atoms with Crippen molar-refractivity contribution in [2.75, 3.05) is 26.2 Å². The molecule has 0 aromatic rings. The third-order valence-corrected chi connectivity index (χ3v) is 6.68. The van der Waals surface area contributed by atoms with Crippen molar-refractivity contribution in [1.82, 2.24) is 21.3 Å². The van der Waals surface area contributed by atoms with Gasteiger partial charge in [-0.2, -0.15) is 0 Å². The third kappa shape index (κ3) is 44.7. The Morgan fingerprint density at radius 2 is 0.458 bits per heavy atom. The van der Waals surface area contributed by atoms with Crippen molar-refractivity contribution < 1.29 is 38.4 Å². The predicted octanol–water partition coefficient (Wildman–Crippen LogP) is 5.09. The maximum atomic E-state index is 10.8. The van der Waals surface area contributed by atoms with Crippen LogP contribution in [-0.4, -0.2) is 72.9 Å². The Hall–Kier alpha value is -3.44. The zero-order chi connectivity index (χ0) is 37.6. The lowest BCUT2D eigenvalue weighted by atomic mass is 10.2. The second kappa shape index (κ2) is 39.7. The Balaban J connectivity index is -0.000000269. The van der Waals surface area contributed by atoms with Crippen LogP contribution >= 0.6 is 0 Å². The highest BCUT2D eigenvalue weighted by Gasteiger charge is 2.01. The molecule has 0 aromatic heterocycles. The molecule has 0 atom stereocenters. The molecule has 0 fully saturated rings. The molecule has 0 saturated carbocycles. The quantitative estimate of drug-likeness (QED) is 0.101. The zero-order valence-electron chi connectivity index (χ0n) is 31.4. The summed E-state index contributed by atoms with van der Waals surface area (Å²) in [5.41, 5.74) is 0. The molecule has 4 amide bonds. The molecule has 0 heterocycles. The van der Waals surface area contributed by atoms with Crippen LogP contribution in [0.25, 0.3) is 0 Å². The minimum Gasteiger partial charge on any atom is -0.356 e. The fraction of sp³-hybridized carbons (Fsp3) is 0.778. The number of hydrogen-bond donors (Lipinski definition) is 4. The number of rotatable bonds is 24. The van der Waals surface area contributed by atoms with Gasteiger partial charge >= 0.3 is 0 Å².